The van der Waals surface area contributed by atoms with E-state index in [0.29, 0.717) is 6.07 Å². The Morgan fingerprint density at radius 3 is 2.47 bits per heavy atom. The van der Waals surface area contributed by atoms with E-state index < -0.39 is 17.6 Å². The summed E-state index contributed by atoms with van der Waals surface area (Å²) in [6.45, 7) is -0.0295. The average molecular weight is 223 g/mol. The third-order valence-corrected chi connectivity index (χ3v) is 1.87. The minimum Gasteiger partial charge on any atom is -0.304 e. The van der Waals surface area contributed by atoms with E-state index in [2.05, 4.69) is 4.84 Å². The number of nitrogens with two attached hydrogens (primary N) is 1. The summed E-state index contributed by atoms with van der Waals surface area (Å²) in [5.41, 5.74) is -1.33. The van der Waals surface area contributed by atoms with Gasteiger partial charge in [0, 0.05) is 6.42 Å². The third-order valence-electron chi connectivity index (χ3n) is 1.87. The summed E-state index contributed by atoms with van der Waals surface area (Å²) in [4.78, 5) is 4.18. The molecular weight excluding hydrogens is 214 g/mol. The standard InChI is InChI=1S/C9H9F4NO/c10-8-6(4-5-15-14)2-1-3-7(8)9(11,12)13/h1-3H,4-5,14H2. The Morgan fingerprint density at radius 2 is 1.93 bits per heavy atom. The first kappa shape index (κ1) is 11.9. The summed E-state index contributed by atoms with van der Waals surface area (Å²) in [7, 11) is 0. The summed E-state index contributed by atoms with van der Waals surface area (Å²) < 4.78 is 50.0. The lowest BCUT2D eigenvalue weighted by Gasteiger charge is -2.10. The van der Waals surface area contributed by atoms with Gasteiger partial charge in [-0.15, -0.1) is 0 Å². The van der Waals surface area contributed by atoms with Gasteiger partial charge in [0.05, 0.1) is 12.2 Å². The fraction of sp³-hybridized carbons (Fsp3) is 0.333. The van der Waals surface area contributed by atoms with Crippen LogP contribution in [-0.2, 0) is 17.4 Å². The smallest absolute Gasteiger partial charge is 0.304 e. The summed E-state index contributed by atoms with van der Waals surface area (Å²) in [6, 6.07) is 3.11. The van der Waals surface area contributed by atoms with Gasteiger partial charge >= 0.3 is 6.18 Å². The van der Waals surface area contributed by atoms with Crippen LogP contribution in [0.25, 0.3) is 0 Å². The van der Waals surface area contributed by atoms with Crippen LogP contribution < -0.4 is 5.90 Å². The van der Waals surface area contributed by atoms with Gasteiger partial charge in [0.25, 0.3) is 0 Å². The SMILES string of the molecule is NOCCc1cccc(C(F)(F)F)c1F. The van der Waals surface area contributed by atoms with Crippen LogP contribution in [0.1, 0.15) is 11.1 Å². The second-order valence-electron chi connectivity index (χ2n) is 2.90. The zero-order chi connectivity index (χ0) is 11.5. The van der Waals surface area contributed by atoms with E-state index in [0.717, 1.165) is 6.07 Å². The quantitative estimate of drug-likeness (QED) is 0.630. The first-order valence-corrected chi connectivity index (χ1v) is 4.13. The molecule has 0 unspecified atom stereocenters. The number of benzene rings is 1. The van der Waals surface area contributed by atoms with Gasteiger partial charge in [0.2, 0.25) is 0 Å². The fourth-order valence-corrected chi connectivity index (χ4v) is 1.16. The van der Waals surface area contributed by atoms with Gasteiger partial charge in [0.1, 0.15) is 5.82 Å². The van der Waals surface area contributed by atoms with Crippen molar-refractivity contribution in [2.75, 3.05) is 6.61 Å². The number of alkyl halides is 3. The van der Waals surface area contributed by atoms with E-state index in [1.54, 1.807) is 0 Å². The van der Waals surface area contributed by atoms with E-state index in [1.807, 2.05) is 0 Å². The van der Waals surface area contributed by atoms with E-state index in [4.69, 9.17) is 5.90 Å². The Labute approximate surface area is 83.6 Å². The van der Waals surface area contributed by atoms with Gasteiger partial charge < -0.3 is 4.84 Å². The van der Waals surface area contributed by atoms with Gasteiger partial charge in [-0.2, -0.15) is 13.2 Å². The molecule has 0 aliphatic heterocycles. The number of rotatable bonds is 3. The molecule has 15 heavy (non-hydrogen) atoms. The van der Waals surface area contributed by atoms with Crippen LogP contribution >= 0.6 is 0 Å². The minimum atomic E-state index is -4.68. The van der Waals surface area contributed by atoms with Crippen molar-refractivity contribution in [3.8, 4) is 0 Å². The highest BCUT2D eigenvalue weighted by molar-refractivity contribution is 5.28. The third kappa shape index (κ3) is 2.90. The fourth-order valence-electron chi connectivity index (χ4n) is 1.16. The molecule has 0 aromatic heterocycles. The van der Waals surface area contributed by atoms with Crippen molar-refractivity contribution in [2.45, 2.75) is 12.6 Å². The summed E-state index contributed by atoms with van der Waals surface area (Å²) >= 11 is 0. The van der Waals surface area contributed by atoms with Crippen LogP contribution in [0.3, 0.4) is 0 Å². The van der Waals surface area contributed by atoms with Crippen LogP contribution in [0.2, 0.25) is 0 Å². The van der Waals surface area contributed by atoms with Crippen molar-refractivity contribution < 1.29 is 22.4 Å². The molecule has 1 aromatic carbocycles. The molecule has 6 heteroatoms. The first-order valence-electron chi connectivity index (χ1n) is 4.13. The van der Waals surface area contributed by atoms with Crippen LogP contribution in [-0.4, -0.2) is 6.61 Å². The molecule has 84 valence electrons. The Balaban J connectivity index is 3.01. The van der Waals surface area contributed by atoms with Crippen molar-refractivity contribution in [3.63, 3.8) is 0 Å². The van der Waals surface area contributed by atoms with E-state index >= 15 is 0 Å². The van der Waals surface area contributed by atoms with Crippen molar-refractivity contribution >= 4 is 0 Å². The maximum absolute atomic E-state index is 13.3. The topological polar surface area (TPSA) is 35.2 Å². The molecule has 1 aromatic rings. The van der Waals surface area contributed by atoms with Crippen LogP contribution in [0.5, 0.6) is 0 Å². The zero-order valence-corrected chi connectivity index (χ0v) is 7.64. The maximum atomic E-state index is 13.3. The number of hydrogen-bond acceptors (Lipinski definition) is 2. The second kappa shape index (κ2) is 4.59. The largest absolute Gasteiger partial charge is 0.419 e. The Kier molecular flexibility index (Phi) is 3.65. The lowest BCUT2D eigenvalue weighted by Crippen LogP contribution is -2.11. The first-order chi connectivity index (χ1) is 6.96. The lowest BCUT2D eigenvalue weighted by atomic mass is 10.1. The average Bonchev–Trinajstić information content (AvgIpc) is 2.14. The summed E-state index contributed by atoms with van der Waals surface area (Å²) in [5.74, 6) is 3.44. The van der Waals surface area contributed by atoms with Crippen LogP contribution in [0, 0.1) is 5.82 Å². The molecule has 0 atom stereocenters. The molecular formula is C9H9F4NO. The van der Waals surface area contributed by atoms with E-state index in [9.17, 15) is 17.6 Å². The lowest BCUT2D eigenvalue weighted by molar-refractivity contribution is -0.140. The van der Waals surface area contributed by atoms with E-state index in [1.165, 1.54) is 6.07 Å². The zero-order valence-electron chi connectivity index (χ0n) is 7.64. The molecule has 1 rings (SSSR count). The van der Waals surface area contributed by atoms with Gasteiger partial charge in [0.15, 0.2) is 0 Å². The van der Waals surface area contributed by atoms with Gasteiger partial charge in [-0.1, -0.05) is 12.1 Å². The van der Waals surface area contributed by atoms with Crippen molar-refractivity contribution in [1.29, 1.82) is 0 Å². The van der Waals surface area contributed by atoms with Gasteiger partial charge in [-0.05, 0) is 11.6 Å². The van der Waals surface area contributed by atoms with Crippen molar-refractivity contribution in [3.05, 3.63) is 35.1 Å². The summed E-state index contributed by atoms with van der Waals surface area (Å²) in [5, 5.41) is 0. The normalized spacial score (nSPS) is 11.8. The molecule has 0 saturated carbocycles. The molecule has 0 aliphatic carbocycles. The molecule has 0 bridgehead atoms. The van der Waals surface area contributed by atoms with Gasteiger partial charge in [-0.25, -0.2) is 10.3 Å². The van der Waals surface area contributed by atoms with Gasteiger partial charge in [-0.3, -0.25) is 0 Å². The van der Waals surface area contributed by atoms with Crippen LogP contribution in [0.15, 0.2) is 18.2 Å². The number of hydrogen-bond donors (Lipinski definition) is 1. The molecule has 0 spiro atoms. The minimum absolute atomic E-state index is 0.00620. The molecule has 0 radical (unpaired) electrons. The van der Waals surface area contributed by atoms with E-state index in [-0.39, 0.29) is 18.6 Å². The molecule has 0 aliphatic rings. The predicted molar refractivity (Wildman–Crippen MR) is 45.2 cm³/mol. The molecule has 2 N–H and O–H groups in total. The highest BCUT2D eigenvalue weighted by atomic mass is 19.4. The molecule has 0 heterocycles. The highest BCUT2D eigenvalue weighted by Gasteiger charge is 2.34. The van der Waals surface area contributed by atoms with Crippen molar-refractivity contribution in [1.82, 2.24) is 0 Å². The molecule has 2 nitrogen and oxygen atoms in total. The Hall–Kier alpha value is -1.14. The predicted octanol–water partition coefficient (Wildman–Crippen LogP) is 2.28. The Bertz CT molecular complexity index is 337. The Morgan fingerprint density at radius 1 is 1.27 bits per heavy atom. The second-order valence-corrected chi connectivity index (χ2v) is 2.90. The van der Waals surface area contributed by atoms with Crippen LogP contribution in [0.4, 0.5) is 17.6 Å². The molecule has 0 saturated heterocycles. The maximum Gasteiger partial charge on any atom is 0.419 e. The highest BCUT2D eigenvalue weighted by Crippen LogP contribution is 2.32. The number of halogens is 4. The molecule has 0 amide bonds. The monoisotopic (exact) mass is 223 g/mol. The summed E-state index contributed by atoms with van der Waals surface area (Å²) in [6.07, 6.45) is -4.67. The molecule has 0 fully saturated rings. The van der Waals surface area contributed by atoms with Crippen molar-refractivity contribution in [2.24, 2.45) is 5.90 Å².